The highest BCUT2D eigenvalue weighted by atomic mass is 16.5. The van der Waals surface area contributed by atoms with Crippen molar-refractivity contribution in [2.75, 3.05) is 26.2 Å². The molecule has 0 heterocycles. The number of hydrogen-bond acceptors (Lipinski definition) is 2. The molecule has 0 bridgehead atoms. The molecule has 0 amide bonds. The van der Waals surface area contributed by atoms with Gasteiger partial charge in [0, 0.05) is 6.54 Å². The summed E-state index contributed by atoms with van der Waals surface area (Å²) in [6.07, 6.45) is 3.57. The van der Waals surface area contributed by atoms with Crippen molar-refractivity contribution < 1.29 is 4.74 Å². The van der Waals surface area contributed by atoms with E-state index in [1.165, 1.54) is 37.1 Å². The Labute approximate surface area is 131 Å². The third kappa shape index (κ3) is 6.52. The summed E-state index contributed by atoms with van der Waals surface area (Å²) in [4.78, 5) is 2.54. The van der Waals surface area contributed by atoms with Crippen LogP contribution in [0.4, 0.5) is 0 Å². The molecule has 2 nitrogen and oxygen atoms in total. The summed E-state index contributed by atoms with van der Waals surface area (Å²) in [7, 11) is 0. The number of hydrogen-bond donors (Lipinski definition) is 0. The van der Waals surface area contributed by atoms with Gasteiger partial charge in [-0.3, -0.25) is 0 Å². The number of ether oxygens (including phenoxy) is 1. The zero-order valence-electron chi connectivity index (χ0n) is 14.6. The molecule has 2 heteroatoms. The van der Waals surface area contributed by atoms with Crippen LogP contribution in [0, 0.1) is 6.92 Å². The summed E-state index contributed by atoms with van der Waals surface area (Å²) in [6, 6.07) is 6.55. The molecule has 21 heavy (non-hydrogen) atoms. The number of aryl methyl sites for hydroxylation is 1. The van der Waals surface area contributed by atoms with Crippen LogP contribution in [-0.2, 0) is 0 Å². The maximum atomic E-state index is 6.06. The van der Waals surface area contributed by atoms with Gasteiger partial charge in [-0.05, 0) is 62.4 Å². The maximum absolute atomic E-state index is 6.06. The van der Waals surface area contributed by atoms with Crippen LogP contribution in [-0.4, -0.2) is 31.1 Å². The number of benzene rings is 1. The lowest BCUT2D eigenvalue weighted by Gasteiger charge is -2.21. The zero-order valence-corrected chi connectivity index (χ0v) is 14.6. The average Bonchev–Trinajstić information content (AvgIpc) is 2.43. The van der Waals surface area contributed by atoms with Crippen LogP contribution in [0.3, 0.4) is 0 Å². The summed E-state index contributed by atoms with van der Waals surface area (Å²) in [6.45, 7) is 15.4. The Kier molecular flexibility index (Phi) is 8.44. The number of rotatable bonds is 10. The van der Waals surface area contributed by atoms with Gasteiger partial charge in [-0.1, -0.05) is 39.8 Å². The van der Waals surface area contributed by atoms with Crippen LogP contribution < -0.4 is 4.74 Å². The molecule has 0 unspecified atom stereocenters. The van der Waals surface area contributed by atoms with E-state index in [1.807, 2.05) is 0 Å². The van der Waals surface area contributed by atoms with Gasteiger partial charge in [0.25, 0.3) is 0 Å². The van der Waals surface area contributed by atoms with Crippen LogP contribution >= 0.6 is 0 Å². The molecule has 120 valence electrons. The first-order valence-electron chi connectivity index (χ1n) is 8.54. The van der Waals surface area contributed by atoms with Crippen molar-refractivity contribution in [3.63, 3.8) is 0 Å². The zero-order chi connectivity index (χ0) is 15.7. The van der Waals surface area contributed by atoms with Crippen molar-refractivity contribution in [2.45, 2.75) is 59.8 Å². The molecule has 0 aliphatic carbocycles. The summed E-state index contributed by atoms with van der Waals surface area (Å²) < 4.78 is 6.06. The Morgan fingerprint density at radius 3 is 2.29 bits per heavy atom. The van der Waals surface area contributed by atoms with Crippen LogP contribution in [0.25, 0.3) is 0 Å². The summed E-state index contributed by atoms with van der Waals surface area (Å²) in [5, 5.41) is 0. The van der Waals surface area contributed by atoms with Crippen LogP contribution in [0.5, 0.6) is 5.75 Å². The number of nitrogens with zero attached hydrogens (tertiary/aromatic N) is 1. The van der Waals surface area contributed by atoms with Crippen molar-refractivity contribution >= 4 is 0 Å². The Hall–Kier alpha value is -1.02. The Balaban J connectivity index is 2.46. The second-order valence-corrected chi connectivity index (χ2v) is 6.24. The monoisotopic (exact) mass is 291 g/mol. The highest BCUT2D eigenvalue weighted by Crippen LogP contribution is 2.27. The summed E-state index contributed by atoms with van der Waals surface area (Å²) >= 11 is 0. The van der Waals surface area contributed by atoms with E-state index in [0.29, 0.717) is 5.92 Å². The molecule has 0 fully saturated rings. The maximum Gasteiger partial charge on any atom is 0.122 e. The molecule has 0 aliphatic rings. The van der Waals surface area contributed by atoms with Gasteiger partial charge in [0.05, 0.1) is 6.61 Å². The molecule has 0 radical (unpaired) electrons. The topological polar surface area (TPSA) is 12.5 Å². The second-order valence-electron chi connectivity index (χ2n) is 6.24. The second kappa shape index (κ2) is 9.83. The molecule has 0 aliphatic heterocycles. The fraction of sp³-hybridized carbons (Fsp3) is 0.684. The van der Waals surface area contributed by atoms with Gasteiger partial charge in [0.2, 0.25) is 0 Å². The first-order chi connectivity index (χ1) is 10.1. The van der Waals surface area contributed by atoms with E-state index in [4.69, 9.17) is 4.74 Å². The fourth-order valence-corrected chi connectivity index (χ4v) is 2.68. The minimum Gasteiger partial charge on any atom is -0.493 e. The van der Waals surface area contributed by atoms with Crippen LogP contribution in [0.2, 0.25) is 0 Å². The smallest absolute Gasteiger partial charge is 0.122 e. The molecule has 0 N–H and O–H groups in total. The molecule has 0 spiro atoms. The van der Waals surface area contributed by atoms with Crippen molar-refractivity contribution in [3.8, 4) is 5.75 Å². The summed E-state index contributed by atoms with van der Waals surface area (Å²) in [5.41, 5.74) is 2.59. The van der Waals surface area contributed by atoms with Crippen LogP contribution in [0.1, 0.15) is 64.0 Å². The fourth-order valence-electron chi connectivity index (χ4n) is 2.68. The molecule has 0 saturated heterocycles. The average molecular weight is 291 g/mol. The first kappa shape index (κ1) is 18.0. The van der Waals surface area contributed by atoms with Gasteiger partial charge >= 0.3 is 0 Å². The van der Waals surface area contributed by atoms with E-state index in [-0.39, 0.29) is 0 Å². The van der Waals surface area contributed by atoms with Gasteiger partial charge in [0.1, 0.15) is 5.75 Å². The van der Waals surface area contributed by atoms with E-state index < -0.39 is 0 Å². The predicted molar refractivity (Wildman–Crippen MR) is 92.4 cm³/mol. The van der Waals surface area contributed by atoms with Gasteiger partial charge in [-0.15, -0.1) is 0 Å². The minimum atomic E-state index is 0.511. The molecule has 0 saturated carbocycles. The van der Waals surface area contributed by atoms with E-state index in [9.17, 15) is 0 Å². The van der Waals surface area contributed by atoms with Gasteiger partial charge in [0.15, 0.2) is 0 Å². The lowest BCUT2D eigenvalue weighted by Crippen LogP contribution is -2.27. The molecular formula is C19H33NO. The lowest BCUT2D eigenvalue weighted by atomic mass is 10.0. The van der Waals surface area contributed by atoms with Crippen LogP contribution in [0.15, 0.2) is 18.2 Å². The van der Waals surface area contributed by atoms with E-state index in [1.54, 1.807) is 0 Å². The van der Waals surface area contributed by atoms with Gasteiger partial charge in [-0.2, -0.15) is 0 Å². The normalized spacial score (nSPS) is 11.4. The molecule has 0 aromatic heterocycles. The molecular weight excluding hydrogens is 258 g/mol. The molecule has 1 aromatic carbocycles. The van der Waals surface area contributed by atoms with E-state index >= 15 is 0 Å². The lowest BCUT2D eigenvalue weighted by molar-refractivity contribution is 0.233. The third-order valence-corrected chi connectivity index (χ3v) is 3.75. The highest BCUT2D eigenvalue weighted by Gasteiger charge is 2.08. The van der Waals surface area contributed by atoms with Crippen molar-refractivity contribution in [3.05, 3.63) is 29.3 Å². The highest BCUT2D eigenvalue weighted by molar-refractivity contribution is 5.39. The molecule has 1 rings (SSSR count). The largest absolute Gasteiger partial charge is 0.493 e. The summed E-state index contributed by atoms with van der Waals surface area (Å²) in [5.74, 6) is 1.58. The standard InChI is InChI=1S/C19H33NO/c1-6-11-20(12-7-2)13-8-14-21-19-15-17(5)9-10-18(19)16(3)4/h9-10,15-16H,6-8,11-14H2,1-5H3. The Bertz CT molecular complexity index is 395. The van der Waals surface area contributed by atoms with Crippen molar-refractivity contribution in [1.82, 2.24) is 4.90 Å². The molecule has 0 atom stereocenters. The Morgan fingerprint density at radius 1 is 1.05 bits per heavy atom. The van der Waals surface area contributed by atoms with E-state index in [2.05, 4.69) is 57.7 Å². The minimum absolute atomic E-state index is 0.511. The van der Waals surface area contributed by atoms with Crippen molar-refractivity contribution in [2.24, 2.45) is 0 Å². The predicted octanol–water partition coefficient (Wildman–Crippen LogP) is 5.01. The SMILES string of the molecule is CCCN(CCC)CCCOc1cc(C)ccc1C(C)C. The van der Waals surface area contributed by atoms with Gasteiger partial charge < -0.3 is 9.64 Å². The van der Waals surface area contributed by atoms with Crippen molar-refractivity contribution in [1.29, 1.82) is 0 Å². The first-order valence-corrected chi connectivity index (χ1v) is 8.54. The van der Waals surface area contributed by atoms with Gasteiger partial charge in [-0.25, -0.2) is 0 Å². The Morgan fingerprint density at radius 2 is 1.71 bits per heavy atom. The quantitative estimate of drug-likeness (QED) is 0.562. The van der Waals surface area contributed by atoms with E-state index in [0.717, 1.165) is 25.3 Å². The molecule has 1 aromatic rings. The third-order valence-electron chi connectivity index (χ3n) is 3.75.